The normalized spacial score (nSPS) is 10.1. The van der Waals surface area contributed by atoms with Gasteiger partial charge in [0.15, 0.2) is 0 Å². The molecule has 0 spiro atoms. The maximum absolute atomic E-state index is 10.9. The molecule has 1 rings (SSSR count). The van der Waals surface area contributed by atoms with Crippen LogP contribution in [-0.4, -0.2) is 49.9 Å². The van der Waals surface area contributed by atoms with Crippen molar-refractivity contribution in [1.82, 2.24) is 0 Å². The highest BCUT2D eigenvalue weighted by atomic mass is 16.6. The summed E-state index contributed by atoms with van der Waals surface area (Å²) in [6.07, 6.45) is 0. The second-order valence-corrected chi connectivity index (χ2v) is 3.95. The van der Waals surface area contributed by atoms with E-state index in [1.54, 1.807) is 6.07 Å². The molecule has 8 heteroatoms. The Labute approximate surface area is 115 Å². The van der Waals surface area contributed by atoms with E-state index in [-0.39, 0.29) is 12.2 Å². The number of ether oxygens (including phenoxy) is 2. The fraction of sp³-hybridized carbons (Fsp3) is 0.417. The van der Waals surface area contributed by atoms with Crippen molar-refractivity contribution >= 4 is 17.3 Å². The molecule has 1 N–H and O–H groups in total. The quantitative estimate of drug-likeness (QED) is 0.564. The van der Waals surface area contributed by atoms with E-state index in [0.29, 0.717) is 24.6 Å². The lowest BCUT2D eigenvalue weighted by molar-refractivity contribution is -0.384. The zero-order valence-electron chi connectivity index (χ0n) is 11.2. The largest absolute Gasteiger partial charge is 0.496 e. The van der Waals surface area contributed by atoms with Crippen LogP contribution in [0.5, 0.6) is 5.75 Å². The summed E-state index contributed by atoms with van der Waals surface area (Å²) in [6.45, 7) is 0.319. The van der Waals surface area contributed by atoms with Gasteiger partial charge in [0.2, 0.25) is 0 Å². The Bertz CT molecular complexity index is 491. The SMILES string of the molecule is COCCN(CC(=O)O)c1cc(OC)cc([N+](=O)[O-])c1. The van der Waals surface area contributed by atoms with Crippen molar-refractivity contribution in [3.8, 4) is 5.75 Å². The molecule has 0 fully saturated rings. The van der Waals surface area contributed by atoms with Gasteiger partial charge in [0.1, 0.15) is 12.3 Å². The number of anilines is 1. The number of hydrogen-bond donors (Lipinski definition) is 1. The topological polar surface area (TPSA) is 102 Å². The van der Waals surface area contributed by atoms with E-state index >= 15 is 0 Å². The van der Waals surface area contributed by atoms with Gasteiger partial charge in [0, 0.05) is 31.5 Å². The van der Waals surface area contributed by atoms with Crippen LogP contribution in [0.15, 0.2) is 18.2 Å². The molecule has 8 nitrogen and oxygen atoms in total. The summed E-state index contributed by atoms with van der Waals surface area (Å²) in [5.74, 6) is -0.742. The standard InChI is InChI=1S/C12H16N2O6/c1-19-4-3-13(8-12(15)16)9-5-10(14(17)18)7-11(6-9)20-2/h5-7H,3-4,8H2,1-2H3,(H,15,16). The fourth-order valence-electron chi connectivity index (χ4n) is 1.64. The Hall–Kier alpha value is -2.35. The average Bonchev–Trinajstić information content (AvgIpc) is 2.42. The Kier molecular flexibility index (Phi) is 5.73. The Balaban J connectivity index is 3.12. The van der Waals surface area contributed by atoms with Gasteiger partial charge in [-0.05, 0) is 0 Å². The number of nitrogens with zero attached hydrogens (tertiary/aromatic N) is 2. The minimum atomic E-state index is -1.04. The molecule has 0 radical (unpaired) electrons. The molecule has 0 bridgehead atoms. The lowest BCUT2D eigenvalue weighted by Crippen LogP contribution is -2.32. The maximum atomic E-state index is 10.9. The molecule has 110 valence electrons. The Morgan fingerprint density at radius 2 is 2.10 bits per heavy atom. The van der Waals surface area contributed by atoms with Crippen LogP contribution in [0, 0.1) is 10.1 Å². The molecule has 0 aliphatic heterocycles. The highest BCUT2D eigenvalue weighted by Crippen LogP contribution is 2.28. The van der Waals surface area contributed by atoms with E-state index in [2.05, 4.69) is 0 Å². The first kappa shape index (κ1) is 15.7. The Morgan fingerprint density at radius 1 is 1.40 bits per heavy atom. The number of non-ortho nitro benzene ring substituents is 1. The minimum absolute atomic E-state index is 0.160. The molecule has 1 aromatic rings. The summed E-state index contributed by atoms with van der Waals surface area (Å²) in [5, 5.41) is 19.8. The third-order valence-corrected chi connectivity index (χ3v) is 2.58. The number of hydrogen-bond acceptors (Lipinski definition) is 6. The van der Waals surface area contributed by atoms with Gasteiger partial charge in [-0.3, -0.25) is 14.9 Å². The van der Waals surface area contributed by atoms with Gasteiger partial charge in [-0.1, -0.05) is 0 Å². The second kappa shape index (κ2) is 7.29. The average molecular weight is 284 g/mol. The van der Waals surface area contributed by atoms with Crippen molar-refractivity contribution in [3.63, 3.8) is 0 Å². The molecule has 1 aromatic carbocycles. The van der Waals surface area contributed by atoms with Crippen LogP contribution in [0.2, 0.25) is 0 Å². The van der Waals surface area contributed by atoms with Crippen LogP contribution >= 0.6 is 0 Å². The van der Waals surface area contributed by atoms with Crippen LogP contribution in [0.4, 0.5) is 11.4 Å². The predicted octanol–water partition coefficient (Wildman–Crippen LogP) is 1.14. The Morgan fingerprint density at radius 3 is 2.60 bits per heavy atom. The number of nitro benzene ring substituents is 1. The number of methoxy groups -OCH3 is 2. The van der Waals surface area contributed by atoms with Crippen molar-refractivity contribution in [2.45, 2.75) is 0 Å². The number of aliphatic carboxylic acids is 1. The first-order valence-corrected chi connectivity index (χ1v) is 5.77. The molecule has 0 atom stereocenters. The number of nitro groups is 1. The summed E-state index contributed by atoms with van der Waals surface area (Å²) in [4.78, 5) is 22.7. The highest BCUT2D eigenvalue weighted by molar-refractivity contribution is 5.74. The molecule has 0 heterocycles. The smallest absolute Gasteiger partial charge is 0.323 e. The van der Waals surface area contributed by atoms with Gasteiger partial charge in [0.25, 0.3) is 5.69 Å². The number of carboxylic acid groups (broad SMARTS) is 1. The number of rotatable bonds is 8. The highest BCUT2D eigenvalue weighted by Gasteiger charge is 2.16. The van der Waals surface area contributed by atoms with E-state index in [9.17, 15) is 14.9 Å². The number of benzene rings is 1. The molecular weight excluding hydrogens is 268 g/mol. The molecule has 0 aliphatic rings. The lowest BCUT2D eigenvalue weighted by atomic mass is 10.2. The van der Waals surface area contributed by atoms with E-state index in [1.807, 2.05) is 0 Å². The van der Waals surface area contributed by atoms with Gasteiger partial charge in [-0.15, -0.1) is 0 Å². The third kappa shape index (κ3) is 4.39. The van der Waals surface area contributed by atoms with Crippen molar-refractivity contribution in [2.75, 3.05) is 38.8 Å². The van der Waals surface area contributed by atoms with Gasteiger partial charge in [0.05, 0.1) is 24.7 Å². The molecule has 0 saturated heterocycles. The van der Waals surface area contributed by atoms with Crippen molar-refractivity contribution < 1.29 is 24.3 Å². The molecule has 0 aliphatic carbocycles. The van der Waals surface area contributed by atoms with Gasteiger partial charge in [-0.2, -0.15) is 0 Å². The molecular formula is C12H16N2O6. The summed E-state index contributed by atoms with van der Waals surface area (Å²) in [6, 6.07) is 4.13. The second-order valence-electron chi connectivity index (χ2n) is 3.95. The van der Waals surface area contributed by atoms with E-state index in [4.69, 9.17) is 14.6 Å². The zero-order valence-corrected chi connectivity index (χ0v) is 11.2. The first-order valence-electron chi connectivity index (χ1n) is 5.77. The van der Waals surface area contributed by atoms with E-state index in [0.717, 1.165) is 0 Å². The molecule has 0 saturated carbocycles. The molecule has 0 amide bonds. The summed E-state index contributed by atoms with van der Waals surface area (Å²) < 4.78 is 9.91. The monoisotopic (exact) mass is 284 g/mol. The summed E-state index contributed by atoms with van der Waals surface area (Å²) in [5.41, 5.74) is 0.239. The van der Waals surface area contributed by atoms with Crippen molar-refractivity contribution in [3.05, 3.63) is 28.3 Å². The zero-order chi connectivity index (χ0) is 15.1. The molecule has 20 heavy (non-hydrogen) atoms. The van der Waals surface area contributed by atoms with Gasteiger partial charge >= 0.3 is 5.97 Å². The van der Waals surface area contributed by atoms with Crippen molar-refractivity contribution in [2.24, 2.45) is 0 Å². The van der Waals surface area contributed by atoms with Crippen molar-refractivity contribution in [1.29, 1.82) is 0 Å². The van der Waals surface area contributed by atoms with E-state index in [1.165, 1.54) is 31.3 Å². The fourth-order valence-corrected chi connectivity index (χ4v) is 1.64. The minimum Gasteiger partial charge on any atom is -0.496 e. The van der Waals surface area contributed by atoms with E-state index < -0.39 is 10.9 Å². The molecule has 0 unspecified atom stereocenters. The van der Waals surface area contributed by atoms with Crippen LogP contribution in [-0.2, 0) is 9.53 Å². The number of carboxylic acids is 1. The third-order valence-electron chi connectivity index (χ3n) is 2.58. The first-order chi connectivity index (χ1) is 9.47. The van der Waals surface area contributed by atoms with Crippen LogP contribution in [0.1, 0.15) is 0 Å². The van der Waals surface area contributed by atoms with Crippen LogP contribution in [0.3, 0.4) is 0 Å². The van der Waals surface area contributed by atoms with Crippen LogP contribution in [0.25, 0.3) is 0 Å². The summed E-state index contributed by atoms with van der Waals surface area (Å²) in [7, 11) is 2.88. The van der Waals surface area contributed by atoms with Gasteiger partial charge in [-0.25, -0.2) is 0 Å². The van der Waals surface area contributed by atoms with Gasteiger partial charge < -0.3 is 19.5 Å². The summed E-state index contributed by atoms with van der Waals surface area (Å²) >= 11 is 0. The number of carbonyl (C=O) groups is 1. The predicted molar refractivity (Wildman–Crippen MR) is 71.4 cm³/mol. The molecule has 0 aromatic heterocycles. The lowest BCUT2D eigenvalue weighted by Gasteiger charge is -2.22. The van der Waals surface area contributed by atoms with Crippen LogP contribution < -0.4 is 9.64 Å². The maximum Gasteiger partial charge on any atom is 0.323 e.